The summed E-state index contributed by atoms with van der Waals surface area (Å²) in [5, 5.41) is 0. The Morgan fingerprint density at radius 2 is 2.06 bits per heavy atom. The molecule has 1 aliphatic heterocycles. The van der Waals surface area contributed by atoms with Gasteiger partial charge in [-0.15, -0.1) is 0 Å². The second-order valence-electron chi connectivity index (χ2n) is 4.24. The molecule has 3 nitrogen and oxygen atoms in total. The van der Waals surface area contributed by atoms with Gasteiger partial charge in [-0.05, 0) is 36.1 Å². The molecule has 1 saturated heterocycles. The van der Waals surface area contributed by atoms with Crippen LogP contribution in [0.1, 0.15) is 24.0 Å². The van der Waals surface area contributed by atoms with E-state index in [1.165, 1.54) is 12.1 Å². The monoisotopic (exact) mass is 239 g/mol. The molecule has 0 aliphatic carbocycles. The minimum absolute atomic E-state index is 0.249. The summed E-state index contributed by atoms with van der Waals surface area (Å²) >= 11 is 0. The van der Waals surface area contributed by atoms with E-state index in [-0.39, 0.29) is 11.9 Å². The zero-order valence-corrected chi connectivity index (χ0v) is 9.82. The molecule has 1 heterocycles. The van der Waals surface area contributed by atoms with Gasteiger partial charge in [-0.25, -0.2) is 4.39 Å². The quantitative estimate of drug-likeness (QED) is 0.873. The first kappa shape index (κ1) is 12.5. The maximum atomic E-state index is 13.0. The summed E-state index contributed by atoms with van der Waals surface area (Å²) < 4.78 is 24.1. The molecule has 17 heavy (non-hydrogen) atoms. The molecule has 0 amide bonds. The van der Waals surface area contributed by atoms with Crippen LogP contribution in [0.15, 0.2) is 18.2 Å². The largest absolute Gasteiger partial charge is 0.381 e. The second kappa shape index (κ2) is 6.10. The molecule has 1 fully saturated rings. The average Bonchev–Trinajstić information content (AvgIpc) is 2.38. The van der Waals surface area contributed by atoms with Crippen LogP contribution in [-0.2, 0) is 22.6 Å². The van der Waals surface area contributed by atoms with Gasteiger partial charge in [0, 0.05) is 19.8 Å². The maximum Gasteiger partial charge on any atom is 0.123 e. The van der Waals surface area contributed by atoms with Crippen LogP contribution in [0.4, 0.5) is 4.39 Å². The highest BCUT2D eigenvalue weighted by Gasteiger charge is 2.14. The highest BCUT2D eigenvalue weighted by Crippen LogP contribution is 2.16. The van der Waals surface area contributed by atoms with Crippen LogP contribution in [0.2, 0.25) is 0 Å². The summed E-state index contributed by atoms with van der Waals surface area (Å²) in [6.07, 6.45) is 2.11. The van der Waals surface area contributed by atoms with Crippen LogP contribution < -0.4 is 5.73 Å². The molecule has 0 spiro atoms. The van der Waals surface area contributed by atoms with Crippen molar-refractivity contribution in [1.82, 2.24) is 0 Å². The number of hydrogen-bond donors (Lipinski definition) is 1. The molecule has 2 N–H and O–H groups in total. The third-order valence-corrected chi connectivity index (χ3v) is 3.03. The molecule has 94 valence electrons. The molecule has 2 rings (SSSR count). The molecule has 0 saturated carbocycles. The van der Waals surface area contributed by atoms with Gasteiger partial charge in [-0.3, -0.25) is 0 Å². The van der Waals surface area contributed by atoms with Crippen LogP contribution in [0.25, 0.3) is 0 Å². The standard InChI is InChI=1S/C13H18FNO2/c14-12-2-1-10(11(7-12)8-15)9-17-13-3-5-16-6-4-13/h1-2,7,13H,3-6,8-9,15H2. The van der Waals surface area contributed by atoms with Gasteiger partial charge in [0.25, 0.3) is 0 Å². The van der Waals surface area contributed by atoms with E-state index in [4.69, 9.17) is 15.2 Å². The lowest BCUT2D eigenvalue weighted by Crippen LogP contribution is -2.23. The van der Waals surface area contributed by atoms with Gasteiger partial charge in [0.2, 0.25) is 0 Å². The molecule has 0 radical (unpaired) electrons. The fraction of sp³-hybridized carbons (Fsp3) is 0.538. The highest BCUT2D eigenvalue weighted by molar-refractivity contribution is 5.27. The lowest BCUT2D eigenvalue weighted by atomic mass is 10.1. The fourth-order valence-corrected chi connectivity index (χ4v) is 1.98. The Morgan fingerprint density at radius 3 is 2.76 bits per heavy atom. The van der Waals surface area contributed by atoms with E-state index >= 15 is 0 Å². The van der Waals surface area contributed by atoms with Crippen molar-refractivity contribution in [3.05, 3.63) is 35.1 Å². The van der Waals surface area contributed by atoms with Crippen molar-refractivity contribution in [1.29, 1.82) is 0 Å². The SMILES string of the molecule is NCc1cc(F)ccc1COC1CCOCC1. The molecular weight excluding hydrogens is 221 g/mol. The van der Waals surface area contributed by atoms with E-state index in [1.807, 2.05) is 0 Å². The van der Waals surface area contributed by atoms with E-state index in [0.29, 0.717) is 13.2 Å². The van der Waals surface area contributed by atoms with Crippen LogP contribution >= 0.6 is 0 Å². The minimum Gasteiger partial charge on any atom is -0.381 e. The van der Waals surface area contributed by atoms with Crippen LogP contribution in [0.5, 0.6) is 0 Å². The maximum absolute atomic E-state index is 13.0. The number of hydrogen-bond acceptors (Lipinski definition) is 3. The van der Waals surface area contributed by atoms with Crippen molar-refractivity contribution >= 4 is 0 Å². The van der Waals surface area contributed by atoms with Crippen LogP contribution in [0, 0.1) is 5.82 Å². The number of rotatable bonds is 4. The van der Waals surface area contributed by atoms with Gasteiger partial charge in [0.05, 0.1) is 12.7 Å². The van der Waals surface area contributed by atoms with Crippen molar-refractivity contribution < 1.29 is 13.9 Å². The zero-order valence-electron chi connectivity index (χ0n) is 9.82. The Balaban J connectivity index is 1.93. The van der Waals surface area contributed by atoms with Gasteiger partial charge in [-0.2, -0.15) is 0 Å². The van der Waals surface area contributed by atoms with Gasteiger partial charge in [0.1, 0.15) is 5.82 Å². The molecule has 1 aromatic rings. The molecule has 0 unspecified atom stereocenters. The molecule has 0 atom stereocenters. The predicted molar refractivity (Wildman–Crippen MR) is 62.9 cm³/mol. The summed E-state index contributed by atoms with van der Waals surface area (Å²) in [5.41, 5.74) is 7.38. The van der Waals surface area contributed by atoms with E-state index in [0.717, 1.165) is 37.2 Å². The predicted octanol–water partition coefficient (Wildman–Crippen LogP) is 1.98. The third kappa shape index (κ3) is 3.49. The van der Waals surface area contributed by atoms with Crippen molar-refractivity contribution in [2.45, 2.75) is 32.1 Å². The zero-order chi connectivity index (χ0) is 12.1. The average molecular weight is 239 g/mol. The first-order chi connectivity index (χ1) is 8.29. The summed E-state index contributed by atoms with van der Waals surface area (Å²) in [6, 6.07) is 4.67. The van der Waals surface area contributed by atoms with E-state index < -0.39 is 0 Å². The summed E-state index contributed by atoms with van der Waals surface area (Å²) in [4.78, 5) is 0. The van der Waals surface area contributed by atoms with Gasteiger partial charge in [-0.1, -0.05) is 6.07 Å². The van der Waals surface area contributed by atoms with E-state index in [1.54, 1.807) is 6.07 Å². The highest BCUT2D eigenvalue weighted by atomic mass is 19.1. The van der Waals surface area contributed by atoms with E-state index in [9.17, 15) is 4.39 Å². The first-order valence-electron chi connectivity index (χ1n) is 5.96. The smallest absolute Gasteiger partial charge is 0.123 e. The van der Waals surface area contributed by atoms with Crippen molar-refractivity contribution in [3.8, 4) is 0 Å². The summed E-state index contributed by atoms with van der Waals surface area (Å²) in [7, 11) is 0. The van der Waals surface area contributed by atoms with Crippen molar-refractivity contribution in [2.24, 2.45) is 5.73 Å². The second-order valence-corrected chi connectivity index (χ2v) is 4.24. The Kier molecular flexibility index (Phi) is 4.48. The molecule has 4 heteroatoms. The lowest BCUT2D eigenvalue weighted by Gasteiger charge is -2.22. The normalized spacial score (nSPS) is 17.3. The van der Waals surface area contributed by atoms with E-state index in [2.05, 4.69) is 0 Å². The third-order valence-electron chi connectivity index (χ3n) is 3.03. The number of ether oxygens (including phenoxy) is 2. The lowest BCUT2D eigenvalue weighted by molar-refractivity contribution is -0.0392. The fourth-order valence-electron chi connectivity index (χ4n) is 1.98. The number of halogens is 1. The summed E-state index contributed by atoms with van der Waals surface area (Å²) in [6.45, 7) is 2.36. The Morgan fingerprint density at radius 1 is 1.29 bits per heavy atom. The van der Waals surface area contributed by atoms with Gasteiger partial charge < -0.3 is 15.2 Å². The first-order valence-corrected chi connectivity index (χ1v) is 5.96. The molecule has 1 aliphatic rings. The molecule has 1 aromatic carbocycles. The van der Waals surface area contributed by atoms with Crippen LogP contribution in [0.3, 0.4) is 0 Å². The molecule has 0 aromatic heterocycles. The number of nitrogens with two attached hydrogens (primary N) is 1. The Bertz CT molecular complexity index is 364. The Labute approximate surface area is 101 Å². The Hall–Kier alpha value is -0.970. The number of benzene rings is 1. The minimum atomic E-state index is -0.250. The van der Waals surface area contributed by atoms with Crippen molar-refractivity contribution in [3.63, 3.8) is 0 Å². The summed E-state index contributed by atoms with van der Waals surface area (Å²) in [5.74, 6) is -0.250. The van der Waals surface area contributed by atoms with Gasteiger partial charge >= 0.3 is 0 Å². The van der Waals surface area contributed by atoms with Crippen LogP contribution in [-0.4, -0.2) is 19.3 Å². The van der Waals surface area contributed by atoms with Gasteiger partial charge in [0.15, 0.2) is 0 Å². The van der Waals surface area contributed by atoms with Crippen molar-refractivity contribution in [2.75, 3.05) is 13.2 Å². The molecule has 0 bridgehead atoms. The molecular formula is C13H18FNO2. The topological polar surface area (TPSA) is 44.5 Å².